The first-order chi connectivity index (χ1) is 18.7. The Balaban J connectivity index is 1.49. The first-order valence-electron chi connectivity index (χ1n) is 10.9. The fourth-order valence-corrected chi connectivity index (χ4v) is 6.05. The lowest BCUT2D eigenvalue weighted by atomic mass is 10.0. The van der Waals surface area contributed by atoms with E-state index in [0.29, 0.717) is 12.0 Å². The number of rotatable bonds is 12. The number of pyridine rings is 1. The Morgan fingerprint density at radius 3 is 2.82 bits per heavy atom. The average molecular weight is 578 g/mol. The molecule has 2 aliphatic heterocycles. The molecule has 4 rings (SSSR count). The molecule has 2 atom stereocenters. The Kier molecular flexibility index (Phi) is 8.39. The van der Waals surface area contributed by atoms with Gasteiger partial charge in [-0.3, -0.25) is 24.1 Å². The Morgan fingerprint density at radius 1 is 1.33 bits per heavy atom. The molecule has 0 radical (unpaired) electrons. The van der Waals surface area contributed by atoms with Gasteiger partial charge in [-0.2, -0.15) is 0 Å². The molecular weight excluding hydrogens is 558 g/mol. The monoisotopic (exact) mass is 577 g/mol. The minimum Gasteiger partial charge on any atom is -0.480 e. The second-order valence-corrected chi connectivity index (χ2v) is 9.76. The van der Waals surface area contributed by atoms with Gasteiger partial charge in [0.15, 0.2) is 5.71 Å². The highest BCUT2D eigenvalue weighted by atomic mass is 32.2. The van der Waals surface area contributed by atoms with Gasteiger partial charge >= 0.3 is 11.9 Å². The molecule has 4 heterocycles. The number of tetrazole rings is 1. The van der Waals surface area contributed by atoms with E-state index in [2.05, 4.69) is 36.3 Å². The van der Waals surface area contributed by atoms with Crippen molar-refractivity contribution in [2.24, 2.45) is 5.16 Å². The average Bonchev–Trinajstić information content (AvgIpc) is 3.34. The van der Waals surface area contributed by atoms with Crippen LogP contribution in [0.1, 0.15) is 5.69 Å². The number of hydrogen-bond acceptors (Lipinski definition) is 13. The normalized spacial score (nSPS) is 18.6. The van der Waals surface area contributed by atoms with Crippen LogP contribution in [0.25, 0.3) is 0 Å². The van der Waals surface area contributed by atoms with Gasteiger partial charge < -0.3 is 25.7 Å². The van der Waals surface area contributed by atoms with Crippen molar-refractivity contribution >= 4 is 65.2 Å². The lowest BCUT2D eigenvalue weighted by molar-refractivity contribution is -0.150. The van der Waals surface area contributed by atoms with Crippen molar-refractivity contribution in [1.29, 1.82) is 0 Å². The minimum absolute atomic E-state index is 0.0665. The predicted octanol–water partition coefficient (Wildman–Crippen LogP) is -1.40. The molecule has 2 aromatic rings. The molecule has 2 aliphatic rings. The Labute approximate surface area is 227 Å². The molecule has 1 unspecified atom stereocenters. The van der Waals surface area contributed by atoms with Gasteiger partial charge in [0.2, 0.25) is 11.6 Å². The molecule has 17 nitrogen and oxygen atoms in total. The van der Waals surface area contributed by atoms with Crippen LogP contribution in [0.4, 0.5) is 5.82 Å². The zero-order chi connectivity index (χ0) is 28.1. The smallest absolute Gasteiger partial charge is 0.352 e. The fourth-order valence-electron chi connectivity index (χ4n) is 3.69. The summed E-state index contributed by atoms with van der Waals surface area (Å²) >= 11 is 2.28. The quantitative estimate of drug-likeness (QED) is 0.0747. The van der Waals surface area contributed by atoms with E-state index in [0.717, 1.165) is 21.3 Å². The third-order valence-corrected chi connectivity index (χ3v) is 7.68. The third-order valence-electron chi connectivity index (χ3n) is 5.29. The van der Waals surface area contributed by atoms with E-state index in [1.54, 1.807) is 0 Å². The number of aliphatic carboxylic acids is 2. The fraction of sp³-hybridized carbons (Fsp3) is 0.300. The van der Waals surface area contributed by atoms with E-state index >= 15 is 0 Å². The lowest BCUT2D eigenvalue weighted by Gasteiger charge is -2.49. The second-order valence-electron chi connectivity index (χ2n) is 7.71. The van der Waals surface area contributed by atoms with Crippen molar-refractivity contribution in [2.45, 2.75) is 23.1 Å². The predicted molar refractivity (Wildman–Crippen MR) is 133 cm³/mol. The van der Waals surface area contributed by atoms with Crippen molar-refractivity contribution in [3.63, 3.8) is 0 Å². The molecule has 0 bridgehead atoms. The maximum absolute atomic E-state index is 13.0. The van der Waals surface area contributed by atoms with E-state index in [9.17, 15) is 29.1 Å². The van der Waals surface area contributed by atoms with E-state index < -0.39 is 41.7 Å². The number of aromatic nitrogens is 5. The van der Waals surface area contributed by atoms with Crippen molar-refractivity contribution in [1.82, 2.24) is 35.4 Å². The zero-order valence-electron chi connectivity index (χ0n) is 19.9. The number of thioether (sulfide) groups is 2. The maximum atomic E-state index is 13.0. The summed E-state index contributed by atoms with van der Waals surface area (Å²) in [6.45, 7) is -0.468. The van der Waals surface area contributed by atoms with E-state index in [1.165, 1.54) is 37.1 Å². The van der Waals surface area contributed by atoms with Crippen molar-refractivity contribution in [3.8, 4) is 0 Å². The topological polar surface area (TPSA) is 231 Å². The molecule has 0 aromatic carbocycles. The standard InChI is InChI=1S/C20H19N9O8S2/c1-37-25-13(10-3-2-4-11(22-10)21-8-30)16(33)23-14-17(34)29-15(19(35)36)9(6-38-18(14)29)7-39-20-24-26-27-28(20)5-12(31)32/h2-4,8,14,18H,5-7H2,1H3,(H,23,33)(H,31,32)(H,35,36)(H,21,22,30)/t14?,18-/m1/s1. The molecule has 1 fully saturated rings. The molecule has 0 spiro atoms. The number of carbonyl (C=O) groups is 5. The number of carbonyl (C=O) groups excluding carboxylic acids is 3. The summed E-state index contributed by atoms with van der Waals surface area (Å²) in [5, 5.41) is 37.7. The van der Waals surface area contributed by atoms with Gasteiger partial charge in [-0.1, -0.05) is 23.0 Å². The second kappa shape index (κ2) is 11.9. The highest BCUT2D eigenvalue weighted by Crippen LogP contribution is 2.41. The van der Waals surface area contributed by atoms with Crippen LogP contribution in [0.5, 0.6) is 0 Å². The van der Waals surface area contributed by atoms with Gasteiger partial charge in [-0.05, 0) is 28.1 Å². The van der Waals surface area contributed by atoms with Crippen molar-refractivity contribution in [3.05, 3.63) is 35.2 Å². The summed E-state index contributed by atoms with van der Waals surface area (Å²) in [7, 11) is 1.22. The van der Waals surface area contributed by atoms with Crippen LogP contribution in [0.3, 0.4) is 0 Å². The molecule has 39 heavy (non-hydrogen) atoms. The number of anilines is 1. The largest absolute Gasteiger partial charge is 0.480 e. The SMILES string of the molecule is CON=C(C(=O)NC1C(=O)N2C(C(=O)O)=C(CSc3nnnn3CC(=O)O)CS[C@H]12)c1cccc(NC=O)n1. The van der Waals surface area contributed by atoms with E-state index in [4.69, 9.17) is 9.94 Å². The molecular formula is C20H19N9O8S2. The Morgan fingerprint density at radius 2 is 2.13 bits per heavy atom. The number of fused-ring (bicyclic) bond motifs is 1. The van der Waals surface area contributed by atoms with Crippen LogP contribution >= 0.6 is 23.5 Å². The lowest BCUT2D eigenvalue weighted by Crippen LogP contribution is -2.71. The van der Waals surface area contributed by atoms with Crippen LogP contribution in [-0.2, 0) is 35.4 Å². The molecule has 0 saturated carbocycles. The Bertz CT molecular complexity index is 1390. The van der Waals surface area contributed by atoms with Crippen LogP contribution in [-0.4, -0.2) is 106 Å². The number of hydrogen-bond donors (Lipinski definition) is 4. The molecule has 3 amide bonds. The summed E-state index contributed by atoms with van der Waals surface area (Å²) < 4.78 is 1.06. The number of nitrogens with zero attached hydrogens (tertiary/aromatic N) is 7. The van der Waals surface area contributed by atoms with Gasteiger partial charge in [0.25, 0.3) is 11.8 Å². The van der Waals surface area contributed by atoms with Crippen LogP contribution < -0.4 is 10.6 Å². The van der Waals surface area contributed by atoms with Crippen LogP contribution in [0.2, 0.25) is 0 Å². The molecule has 0 aliphatic carbocycles. The highest BCUT2D eigenvalue weighted by molar-refractivity contribution is 8.01. The number of oxime groups is 1. The number of β-lactam (4-membered cyclic amide) rings is 1. The number of carboxylic acids is 2. The Hall–Kier alpha value is -4.52. The number of amides is 3. The van der Waals surface area contributed by atoms with Gasteiger partial charge in [0.05, 0.1) is 0 Å². The van der Waals surface area contributed by atoms with E-state index in [1.807, 2.05) is 0 Å². The zero-order valence-corrected chi connectivity index (χ0v) is 21.5. The third kappa shape index (κ3) is 5.82. The van der Waals surface area contributed by atoms with Gasteiger partial charge in [-0.15, -0.1) is 16.9 Å². The first-order valence-corrected chi connectivity index (χ1v) is 12.9. The van der Waals surface area contributed by atoms with Crippen molar-refractivity contribution in [2.75, 3.05) is 23.9 Å². The van der Waals surface area contributed by atoms with Crippen molar-refractivity contribution < 1.29 is 39.0 Å². The first kappa shape index (κ1) is 27.5. The summed E-state index contributed by atoms with van der Waals surface area (Å²) in [6, 6.07) is 3.43. The van der Waals surface area contributed by atoms with Crippen LogP contribution in [0, 0.1) is 0 Å². The molecule has 19 heteroatoms. The minimum atomic E-state index is -1.33. The summed E-state index contributed by atoms with van der Waals surface area (Å²) in [4.78, 5) is 69.8. The summed E-state index contributed by atoms with van der Waals surface area (Å²) in [6.07, 6.45) is 0.416. The number of carboxylic acid groups (broad SMARTS) is 2. The summed E-state index contributed by atoms with van der Waals surface area (Å²) in [5.74, 6) is -3.45. The van der Waals surface area contributed by atoms with Gasteiger partial charge in [0.1, 0.15) is 42.3 Å². The highest BCUT2D eigenvalue weighted by Gasteiger charge is 2.54. The summed E-state index contributed by atoms with van der Waals surface area (Å²) in [5.41, 5.74) is -0.0118. The van der Waals surface area contributed by atoms with Gasteiger partial charge in [0, 0.05) is 11.5 Å². The molecule has 4 N–H and O–H groups in total. The molecule has 204 valence electrons. The van der Waals surface area contributed by atoms with Crippen LogP contribution in [0.15, 0.2) is 39.8 Å². The maximum Gasteiger partial charge on any atom is 0.352 e. The van der Waals surface area contributed by atoms with Gasteiger partial charge in [-0.25, -0.2) is 14.5 Å². The molecule has 2 aromatic heterocycles. The van der Waals surface area contributed by atoms with E-state index in [-0.39, 0.29) is 39.6 Å². The molecule has 1 saturated heterocycles. The number of nitrogens with one attached hydrogen (secondary N) is 2.